The van der Waals surface area contributed by atoms with Crippen molar-refractivity contribution in [2.24, 2.45) is 0 Å². The number of methoxy groups -OCH3 is 1. The monoisotopic (exact) mass is 416 g/mol. The first kappa shape index (κ1) is 19.2. The zero-order chi connectivity index (χ0) is 21.5. The van der Waals surface area contributed by atoms with Crippen LogP contribution < -0.4 is 19.1 Å². The highest BCUT2D eigenvalue weighted by molar-refractivity contribution is 5.82. The van der Waals surface area contributed by atoms with Crippen molar-refractivity contribution >= 4 is 17.2 Å². The van der Waals surface area contributed by atoms with Crippen LogP contribution in [0.2, 0.25) is 0 Å². The Morgan fingerprint density at radius 1 is 1.03 bits per heavy atom. The molecule has 158 valence electrons. The molecular formula is C24H24N4O3. The van der Waals surface area contributed by atoms with E-state index >= 15 is 0 Å². The molecule has 1 aliphatic heterocycles. The number of hydrogen-bond acceptors (Lipinski definition) is 6. The summed E-state index contributed by atoms with van der Waals surface area (Å²) < 4.78 is 18.4. The van der Waals surface area contributed by atoms with E-state index in [0.29, 0.717) is 5.92 Å². The van der Waals surface area contributed by atoms with Gasteiger partial charge in [0.15, 0.2) is 17.1 Å². The fraction of sp³-hybridized carbons (Fsp3) is 0.250. The van der Waals surface area contributed by atoms with Crippen molar-refractivity contribution in [3.63, 3.8) is 0 Å². The molecule has 0 aliphatic carbocycles. The van der Waals surface area contributed by atoms with Gasteiger partial charge in [-0.05, 0) is 41.8 Å². The van der Waals surface area contributed by atoms with Gasteiger partial charge in [0.05, 0.1) is 18.9 Å². The molecule has 0 saturated heterocycles. The largest absolute Gasteiger partial charge is 0.496 e. The van der Waals surface area contributed by atoms with Crippen molar-refractivity contribution in [1.82, 2.24) is 14.6 Å². The van der Waals surface area contributed by atoms with Crippen molar-refractivity contribution in [3.8, 4) is 28.4 Å². The van der Waals surface area contributed by atoms with Gasteiger partial charge < -0.3 is 19.1 Å². The topological polar surface area (TPSA) is 61.1 Å². The van der Waals surface area contributed by atoms with E-state index in [1.807, 2.05) is 54.7 Å². The molecule has 4 aromatic rings. The molecule has 2 aromatic carbocycles. The van der Waals surface area contributed by atoms with Crippen LogP contribution in [0.15, 0.2) is 54.9 Å². The SMILES string of the molecule is COc1ccc(C(C)C)cc1-c1cnn2ccc(N(C)c3ccc4c(c3)OCO4)nc12. The molecule has 7 nitrogen and oxygen atoms in total. The Balaban J connectivity index is 1.59. The normalized spacial score (nSPS) is 12.5. The Bertz CT molecular complexity index is 1270. The van der Waals surface area contributed by atoms with E-state index in [-0.39, 0.29) is 6.79 Å². The van der Waals surface area contributed by atoms with Crippen LogP contribution in [0, 0.1) is 0 Å². The van der Waals surface area contributed by atoms with E-state index in [1.54, 1.807) is 11.6 Å². The van der Waals surface area contributed by atoms with Gasteiger partial charge >= 0.3 is 0 Å². The van der Waals surface area contributed by atoms with Gasteiger partial charge in [0, 0.05) is 30.6 Å². The molecule has 0 bridgehead atoms. The van der Waals surface area contributed by atoms with Crippen molar-refractivity contribution in [2.45, 2.75) is 19.8 Å². The molecule has 5 rings (SSSR count). The van der Waals surface area contributed by atoms with E-state index in [2.05, 4.69) is 31.1 Å². The van der Waals surface area contributed by atoms with Gasteiger partial charge in [-0.2, -0.15) is 5.10 Å². The van der Waals surface area contributed by atoms with Gasteiger partial charge in [-0.3, -0.25) is 0 Å². The zero-order valence-corrected chi connectivity index (χ0v) is 18.0. The lowest BCUT2D eigenvalue weighted by atomic mass is 9.97. The maximum atomic E-state index is 5.64. The molecule has 0 N–H and O–H groups in total. The summed E-state index contributed by atoms with van der Waals surface area (Å²) in [6, 6.07) is 14.1. The molecule has 0 fully saturated rings. The fourth-order valence-corrected chi connectivity index (χ4v) is 3.76. The number of ether oxygens (including phenoxy) is 3. The second-order valence-corrected chi connectivity index (χ2v) is 7.82. The molecule has 3 heterocycles. The Morgan fingerprint density at radius 2 is 1.87 bits per heavy atom. The molecule has 0 atom stereocenters. The van der Waals surface area contributed by atoms with Crippen LogP contribution in [-0.4, -0.2) is 35.5 Å². The molecule has 7 heteroatoms. The van der Waals surface area contributed by atoms with Crippen molar-refractivity contribution < 1.29 is 14.2 Å². The zero-order valence-electron chi connectivity index (χ0n) is 18.0. The summed E-state index contributed by atoms with van der Waals surface area (Å²) in [4.78, 5) is 6.94. The average Bonchev–Trinajstić information content (AvgIpc) is 3.43. The number of anilines is 2. The predicted molar refractivity (Wildman–Crippen MR) is 120 cm³/mol. The molecular weight excluding hydrogens is 392 g/mol. The van der Waals surface area contributed by atoms with Gasteiger partial charge in [0.1, 0.15) is 11.6 Å². The van der Waals surface area contributed by atoms with Crippen LogP contribution in [0.4, 0.5) is 11.5 Å². The third-order valence-corrected chi connectivity index (χ3v) is 5.62. The summed E-state index contributed by atoms with van der Waals surface area (Å²) >= 11 is 0. The molecule has 31 heavy (non-hydrogen) atoms. The Kier molecular flexibility index (Phi) is 4.66. The molecule has 2 aromatic heterocycles. The van der Waals surface area contributed by atoms with Crippen LogP contribution >= 0.6 is 0 Å². The maximum Gasteiger partial charge on any atom is 0.231 e. The lowest BCUT2D eigenvalue weighted by Gasteiger charge is -2.19. The Hall–Kier alpha value is -3.74. The lowest BCUT2D eigenvalue weighted by Crippen LogP contribution is -2.11. The summed E-state index contributed by atoms with van der Waals surface area (Å²) in [5.41, 5.74) is 4.88. The highest BCUT2D eigenvalue weighted by atomic mass is 16.7. The lowest BCUT2D eigenvalue weighted by molar-refractivity contribution is 0.174. The van der Waals surface area contributed by atoms with Crippen LogP contribution in [0.25, 0.3) is 16.8 Å². The molecule has 1 aliphatic rings. The van der Waals surface area contributed by atoms with Crippen molar-refractivity contribution in [1.29, 1.82) is 0 Å². The maximum absolute atomic E-state index is 5.64. The van der Waals surface area contributed by atoms with Gasteiger partial charge in [0.2, 0.25) is 6.79 Å². The quantitative estimate of drug-likeness (QED) is 0.455. The summed E-state index contributed by atoms with van der Waals surface area (Å²) in [6.07, 6.45) is 3.76. The first-order valence-corrected chi connectivity index (χ1v) is 10.2. The Morgan fingerprint density at radius 3 is 2.68 bits per heavy atom. The van der Waals surface area contributed by atoms with Gasteiger partial charge in [-0.25, -0.2) is 9.50 Å². The Labute approximate surface area is 180 Å². The minimum atomic E-state index is 0.253. The van der Waals surface area contributed by atoms with Crippen LogP contribution in [0.1, 0.15) is 25.3 Å². The minimum Gasteiger partial charge on any atom is -0.496 e. The number of benzene rings is 2. The molecule has 0 unspecified atom stereocenters. The third kappa shape index (κ3) is 3.32. The summed E-state index contributed by atoms with van der Waals surface area (Å²) in [5.74, 6) is 3.51. The highest BCUT2D eigenvalue weighted by Gasteiger charge is 2.18. The van der Waals surface area contributed by atoms with Crippen LogP contribution in [0.5, 0.6) is 17.2 Å². The number of fused-ring (bicyclic) bond motifs is 2. The van der Waals surface area contributed by atoms with E-state index in [9.17, 15) is 0 Å². The van der Waals surface area contributed by atoms with E-state index in [0.717, 1.165) is 45.5 Å². The van der Waals surface area contributed by atoms with E-state index in [1.165, 1.54) is 5.56 Å². The highest BCUT2D eigenvalue weighted by Crippen LogP contribution is 2.38. The fourth-order valence-electron chi connectivity index (χ4n) is 3.76. The number of hydrogen-bond donors (Lipinski definition) is 0. The second kappa shape index (κ2) is 7.50. The molecule has 0 amide bonds. The number of aromatic nitrogens is 3. The number of nitrogens with zero attached hydrogens (tertiary/aromatic N) is 4. The van der Waals surface area contributed by atoms with Crippen LogP contribution in [-0.2, 0) is 0 Å². The molecule has 0 radical (unpaired) electrons. The first-order chi connectivity index (χ1) is 15.0. The number of rotatable bonds is 5. The summed E-state index contributed by atoms with van der Waals surface area (Å²) in [5, 5.41) is 4.51. The average molecular weight is 416 g/mol. The van der Waals surface area contributed by atoms with E-state index in [4.69, 9.17) is 19.2 Å². The van der Waals surface area contributed by atoms with Gasteiger partial charge in [-0.1, -0.05) is 19.9 Å². The summed E-state index contributed by atoms with van der Waals surface area (Å²) in [6.45, 7) is 4.61. The van der Waals surface area contributed by atoms with Gasteiger partial charge in [0.25, 0.3) is 0 Å². The van der Waals surface area contributed by atoms with Crippen LogP contribution in [0.3, 0.4) is 0 Å². The standard InChI is InChI=1S/C24H24N4O3/c1-15(2)16-5-7-20(29-4)18(11-16)19-13-25-28-10-9-23(26-24(19)28)27(3)17-6-8-21-22(12-17)31-14-30-21/h5-13,15H,14H2,1-4H3. The predicted octanol–water partition coefficient (Wildman–Crippen LogP) is 5.02. The summed E-state index contributed by atoms with van der Waals surface area (Å²) in [7, 11) is 3.66. The first-order valence-electron chi connectivity index (χ1n) is 10.2. The molecule has 0 saturated carbocycles. The van der Waals surface area contributed by atoms with Crippen molar-refractivity contribution in [3.05, 3.63) is 60.4 Å². The van der Waals surface area contributed by atoms with Gasteiger partial charge in [-0.15, -0.1) is 0 Å². The second-order valence-electron chi connectivity index (χ2n) is 7.82. The van der Waals surface area contributed by atoms with Crippen molar-refractivity contribution in [2.75, 3.05) is 25.9 Å². The third-order valence-electron chi connectivity index (χ3n) is 5.62. The van der Waals surface area contributed by atoms with E-state index < -0.39 is 0 Å². The minimum absolute atomic E-state index is 0.253. The molecule has 0 spiro atoms. The smallest absolute Gasteiger partial charge is 0.231 e.